The maximum Gasteiger partial charge on any atom is 0.264 e. The Balaban J connectivity index is 2.09. The Morgan fingerprint density at radius 1 is 0.884 bits per heavy atom. The Hall–Kier alpha value is -4.05. The van der Waals surface area contributed by atoms with Gasteiger partial charge >= 0.3 is 0 Å². The zero-order valence-electron chi connectivity index (χ0n) is 26.1. The highest BCUT2D eigenvalue weighted by molar-refractivity contribution is 7.92. The van der Waals surface area contributed by atoms with Crippen LogP contribution in [0, 0.1) is 13.8 Å². The first-order valence-electron chi connectivity index (χ1n) is 14.4. The molecule has 232 valence electrons. The number of aryl methyl sites for hydroxylation is 2. The van der Waals surface area contributed by atoms with Gasteiger partial charge in [0, 0.05) is 18.7 Å². The minimum absolute atomic E-state index is 0.0578. The lowest BCUT2D eigenvalue weighted by Crippen LogP contribution is -2.54. The summed E-state index contributed by atoms with van der Waals surface area (Å²) < 4.78 is 40.3. The average Bonchev–Trinajstić information content (AvgIpc) is 2.96. The third-order valence-electron chi connectivity index (χ3n) is 7.02. The highest BCUT2D eigenvalue weighted by atomic mass is 32.2. The fourth-order valence-corrected chi connectivity index (χ4v) is 6.42. The van der Waals surface area contributed by atoms with Crippen LogP contribution in [-0.2, 0) is 26.0 Å². The quantitative estimate of drug-likeness (QED) is 0.279. The molecule has 0 heterocycles. The molecular weight excluding hydrogens is 566 g/mol. The van der Waals surface area contributed by atoms with E-state index < -0.39 is 28.5 Å². The van der Waals surface area contributed by atoms with Crippen LogP contribution in [-0.4, -0.2) is 64.5 Å². The molecule has 0 aromatic heterocycles. The van der Waals surface area contributed by atoms with Crippen LogP contribution in [0.3, 0.4) is 0 Å². The van der Waals surface area contributed by atoms with E-state index in [1.54, 1.807) is 12.1 Å². The monoisotopic (exact) mass is 609 g/mol. The molecule has 0 unspecified atom stereocenters. The standard InChI is InChI=1S/C33H43N3O6S/c1-8-29(33(38)34-23(2)3)35(17-16-26-12-10-9-11-13-26)32(37)22-36(27-19-24(4)18-25(5)20-27)43(39,40)28-14-15-30(41-6)31(21-28)42-7/h9-15,18-21,23,29H,8,16-17,22H2,1-7H3,(H,34,38)/t29-/m1/s1. The van der Waals surface area contributed by atoms with E-state index >= 15 is 0 Å². The lowest BCUT2D eigenvalue weighted by Gasteiger charge is -2.33. The molecule has 10 heteroatoms. The van der Waals surface area contributed by atoms with Crippen molar-refractivity contribution in [3.8, 4) is 11.5 Å². The van der Waals surface area contributed by atoms with Crippen molar-refractivity contribution in [2.75, 3.05) is 31.6 Å². The molecule has 43 heavy (non-hydrogen) atoms. The number of ether oxygens (including phenoxy) is 2. The summed E-state index contributed by atoms with van der Waals surface area (Å²) in [5, 5.41) is 2.92. The minimum atomic E-state index is -4.26. The highest BCUT2D eigenvalue weighted by Crippen LogP contribution is 2.33. The molecule has 2 amide bonds. The van der Waals surface area contributed by atoms with Gasteiger partial charge in [0.15, 0.2) is 11.5 Å². The summed E-state index contributed by atoms with van der Waals surface area (Å²) in [6, 6.07) is 18.5. The van der Waals surface area contributed by atoms with Crippen LogP contribution in [0.4, 0.5) is 5.69 Å². The molecule has 0 aliphatic rings. The molecular formula is C33H43N3O6S. The highest BCUT2D eigenvalue weighted by Gasteiger charge is 2.34. The second-order valence-corrected chi connectivity index (χ2v) is 12.6. The topological polar surface area (TPSA) is 105 Å². The Morgan fingerprint density at radius 2 is 1.51 bits per heavy atom. The van der Waals surface area contributed by atoms with Crippen molar-refractivity contribution in [1.29, 1.82) is 0 Å². The van der Waals surface area contributed by atoms with Crippen molar-refractivity contribution in [2.24, 2.45) is 0 Å². The molecule has 9 nitrogen and oxygen atoms in total. The van der Waals surface area contributed by atoms with Crippen molar-refractivity contribution in [2.45, 2.75) is 64.4 Å². The number of amides is 2. The third kappa shape index (κ3) is 8.50. The summed E-state index contributed by atoms with van der Waals surface area (Å²) in [6.07, 6.45) is 0.870. The Labute approximate surface area is 255 Å². The molecule has 0 radical (unpaired) electrons. The Bertz CT molecular complexity index is 1490. The summed E-state index contributed by atoms with van der Waals surface area (Å²) in [7, 11) is -1.37. The number of carbonyl (C=O) groups excluding carboxylic acids is 2. The molecule has 3 aromatic rings. The molecule has 0 saturated heterocycles. The van der Waals surface area contributed by atoms with E-state index in [9.17, 15) is 18.0 Å². The van der Waals surface area contributed by atoms with Gasteiger partial charge in [0.2, 0.25) is 11.8 Å². The predicted octanol–water partition coefficient (Wildman–Crippen LogP) is 4.89. The maximum atomic E-state index is 14.3. The van der Waals surface area contributed by atoms with Gasteiger partial charge in [-0.1, -0.05) is 43.3 Å². The molecule has 1 atom stereocenters. The average molecular weight is 610 g/mol. The second kappa shape index (κ2) is 14.9. The SMILES string of the molecule is CC[C@H](C(=O)NC(C)C)N(CCc1ccccc1)C(=O)CN(c1cc(C)cc(C)c1)S(=O)(=O)c1ccc(OC)c(OC)c1. The van der Waals surface area contributed by atoms with E-state index in [2.05, 4.69) is 5.32 Å². The van der Waals surface area contributed by atoms with Gasteiger partial charge in [-0.3, -0.25) is 13.9 Å². The van der Waals surface area contributed by atoms with Gasteiger partial charge in [0.1, 0.15) is 12.6 Å². The number of carbonyl (C=O) groups is 2. The van der Waals surface area contributed by atoms with Crippen molar-refractivity contribution >= 4 is 27.5 Å². The number of methoxy groups -OCH3 is 2. The number of nitrogens with one attached hydrogen (secondary N) is 1. The molecule has 0 aliphatic carbocycles. The van der Waals surface area contributed by atoms with E-state index in [-0.39, 0.29) is 29.1 Å². The van der Waals surface area contributed by atoms with Gasteiger partial charge in [-0.15, -0.1) is 0 Å². The van der Waals surface area contributed by atoms with Crippen molar-refractivity contribution in [3.05, 3.63) is 83.4 Å². The van der Waals surface area contributed by atoms with E-state index in [4.69, 9.17) is 9.47 Å². The van der Waals surface area contributed by atoms with E-state index in [0.29, 0.717) is 24.3 Å². The number of nitrogens with zero attached hydrogens (tertiary/aromatic N) is 2. The van der Waals surface area contributed by atoms with E-state index in [1.165, 1.54) is 37.3 Å². The summed E-state index contributed by atoms with van der Waals surface area (Å²) in [5.41, 5.74) is 3.05. The van der Waals surface area contributed by atoms with Gasteiger partial charge in [-0.2, -0.15) is 0 Å². The fraction of sp³-hybridized carbons (Fsp3) is 0.394. The molecule has 3 aromatic carbocycles. The van der Waals surface area contributed by atoms with Crippen LogP contribution >= 0.6 is 0 Å². The number of anilines is 1. The van der Waals surface area contributed by atoms with Gasteiger partial charge in [0.25, 0.3) is 10.0 Å². The largest absolute Gasteiger partial charge is 0.493 e. The predicted molar refractivity (Wildman–Crippen MR) is 169 cm³/mol. The number of hydrogen-bond donors (Lipinski definition) is 1. The van der Waals surface area contributed by atoms with Gasteiger partial charge in [0.05, 0.1) is 24.8 Å². The molecule has 0 aliphatic heterocycles. The van der Waals surface area contributed by atoms with Gasteiger partial charge < -0.3 is 19.7 Å². The van der Waals surface area contributed by atoms with Crippen LogP contribution in [0.1, 0.15) is 43.9 Å². The van der Waals surface area contributed by atoms with Crippen molar-refractivity contribution < 1.29 is 27.5 Å². The molecule has 0 bridgehead atoms. The molecule has 1 N–H and O–H groups in total. The van der Waals surface area contributed by atoms with Crippen molar-refractivity contribution in [3.63, 3.8) is 0 Å². The van der Waals surface area contributed by atoms with Crippen molar-refractivity contribution in [1.82, 2.24) is 10.2 Å². The van der Waals surface area contributed by atoms with E-state index in [1.807, 2.05) is 71.0 Å². The molecule has 0 spiro atoms. The number of rotatable bonds is 14. The van der Waals surface area contributed by atoms with Gasteiger partial charge in [-0.05, 0) is 81.5 Å². The lowest BCUT2D eigenvalue weighted by molar-refractivity contribution is -0.139. The van der Waals surface area contributed by atoms with Gasteiger partial charge in [-0.25, -0.2) is 8.42 Å². The van der Waals surface area contributed by atoms with Crippen LogP contribution < -0.4 is 19.1 Å². The molecule has 3 rings (SSSR count). The number of hydrogen-bond acceptors (Lipinski definition) is 6. The summed E-state index contributed by atoms with van der Waals surface area (Å²) >= 11 is 0. The summed E-state index contributed by atoms with van der Waals surface area (Å²) in [5.74, 6) is -0.134. The maximum absolute atomic E-state index is 14.3. The first-order valence-corrected chi connectivity index (χ1v) is 15.8. The van der Waals surface area contributed by atoms with Crippen LogP contribution in [0.15, 0.2) is 71.6 Å². The Morgan fingerprint density at radius 3 is 2.07 bits per heavy atom. The normalized spacial score (nSPS) is 12.0. The summed E-state index contributed by atoms with van der Waals surface area (Å²) in [6.45, 7) is 9.04. The first-order chi connectivity index (χ1) is 20.4. The third-order valence-corrected chi connectivity index (χ3v) is 8.79. The summed E-state index contributed by atoms with van der Waals surface area (Å²) in [4.78, 5) is 28.9. The number of sulfonamides is 1. The fourth-order valence-electron chi connectivity index (χ4n) is 5.00. The molecule has 0 fully saturated rings. The minimum Gasteiger partial charge on any atom is -0.493 e. The lowest BCUT2D eigenvalue weighted by atomic mass is 10.1. The van der Waals surface area contributed by atoms with Crippen LogP contribution in [0.5, 0.6) is 11.5 Å². The Kier molecular flexibility index (Phi) is 11.6. The zero-order valence-corrected chi connectivity index (χ0v) is 26.9. The second-order valence-electron chi connectivity index (χ2n) is 10.8. The van der Waals surface area contributed by atoms with Crippen LogP contribution in [0.25, 0.3) is 0 Å². The zero-order chi connectivity index (χ0) is 31.7. The first kappa shape index (κ1) is 33.5. The number of benzene rings is 3. The van der Waals surface area contributed by atoms with E-state index in [0.717, 1.165) is 21.0 Å². The molecule has 0 saturated carbocycles. The van der Waals surface area contributed by atoms with Crippen LogP contribution in [0.2, 0.25) is 0 Å². The smallest absolute Gasteiger partial charge is 0.264 e.